The lowest BCUT2D eigenvalue weighted by atomic mass is 9.92. The molecule has 1 aliphatic rings. The molecule has 1 aliphatic heterocycles. The van der Waals surface area contributed by atoms with Crippen molar-refractivity contribution in [3.8, 4) is 0 Å². The van der Waals surface area contributed by atoms with E-state index in [4.69, 9.17) is 5.73 Å². The van der Waals surface area contributed by atoms with E-state index in [9.17, 15) is 9.59 Å². The summed E-state index contributed by atoms with van der Waals surface area (Å²) in [5.41, 5.74) is 9.67. The minimum Gasteiger partial charge on any atom is -0.378 e. The highest BCUT2D eigenvalue weighted by Gasteiger charge is 2.20. The largest absolute Gasteiger partial charge is 0.378 e. The van der Waals surface area contributed by atoms with Crippen molar-refractivity contribution < 1.29 is 9.59 Å². The first-order valence-corrected chi connectivity index (χ1v) is 9.10. The van der Waals surface area contributed by atoms with E-state index in [2.05, 4.69) is 16.0 Å². The van der Waals surface area contributed by atoms with Crippen LogP contribution in [0.5, 0.6) is 0 Å². The Labute approximate surface area is 159 Å². The van der Waals surface area contributed by atoms with Gasteiger partial charge in [-0.2, -0.15) is 0 Å². The second-order valence-corrected chi connectivity index (χ2v) is 7.92. The third-order valence-electron chi connectivity index (χ3n) is 4.48. The Balaban J connectivity index is 1.68. The summed E-state index contributed by atoms with van der Waals surface area (Å²) in [6, 6.07) is 13.3. The molecule has 1 unspecified atom stereocenters. The van der Waals surface area contributed by atoms with E-state index in [1.54, 1.807) is 12.1 Å². The monoisotopic (exact) mass is 366 g/mol. The highest BCUT2D eigenvalue weighted by molar-refractivity contribution is 5.92. The van der Waals surface area contributed by atoms with Crippen molar-refractivity contribution in [2.24, 2.45) is 5.73 Å². The normalized spacial score (nSPS) is 16.0. The summed E-state index contributed by atoms with van der Waals surface area (Å²) >= 11 is 0. The van der Waals surface area contributed by atoms with Crippen molar-refractivity contribution in [2.75, 3.05) is 10.6 Å². The number of fused-ring (bicyclic) bond motifs is 1. The predicted octanol–water partition coefficient (Wildman–Crippen LogP) is 3.80. The number of rotatable bonds is 3. The minimum atomic E-state index is -0.418. The van der Waals surface area contributed by atoms with Crippen LogP contribution in [0.4, 0.5) is 16.2 Å². The lowest BCUT2D eigenvalue weighted by molar-refractivity contribution is 0.1000. The first-order valence-electron chi connectivity index (χ1n) is 9.10. The number of hydrogen-bond donors (Lipinski definition) is 4. The average molecular weight is 366 g/mol. The third-order valence-corrected chi connectivity index (χ3v) is 4.48. The summed E-state index contributed by atoms with van der Waals surface area (Å²) in [6.07, 6.45) is 1.83. The number of amides is 3. The summed E-state index contributed by atoms with van der Waals surface area (Å²) in [4.78, 5) is 23.2. The SMILES string of the molecule is CC(C)(C)NC(=O)Nc1ccc2c(c1)CCC(c1ccc(C(N)=O)cc1)N2. The van der Waals surface area contributed by atoms with E-state index in [-0.39, 0.29) is 17.6 Å². The number of benzene rings is 2. The van der Waals surface area contributed by atoms with Crippen LogP contribution in [0.1, 0.15) is 54.7 Å². The molecule has 0 saturated heterocycles. The summed E-state index contributed by atoms with van der Waals surface area (Å²) in [5, 5.41) is 9.31. The molecule has 0 spiro atoms. The maximum atomic E-state index is 12.0. The highest BCUT2D eigenvalue weighted by Crippen LogP contribution is 2.34. The molecule has 5 N–H and O–H groups in total. The van der Waals surface area contributed by atoms with Crippen molar-refractivity contribution in [1.29, 1.82) is 0 Å². The first kappa shape index (κ1) is 18.8. The fourth-order valence-corrected chi connectivity index (χ4v) is 3.21. The van der Waals surface area contributed by atoms with Gasteiger partial charge in [0.15, 0.2) is 0 Å². The Hall–Kier alpha value is -3.02. The molecule has 0 bridgehead atoms. The number of carbonyl (C=O) groups is 2. The van der Waals surface area contributed by atoms with Crippen molar-refractivity contribution in [3.05, 3.63) is 59.2 Å². The van der Waals surface area contributed by atoms with Crippen LogP contribution in [0.2, 0.25) is 0 Å². The molecule has 2 aromatic rings. The van der Waals surface area contributed by atoms with Gasteiger partial charge in [-0.05, 0) is 75.1 Å². The smallest absolute Gasteiger partial charge is 0.319 e. The molecule has 27 heavy (non-hydrogen) atoms. The van der Waals surface area contributed by atoms with Crippen LogP contribution in [-0.2, 0) is 6.42 Å². The Bertz CT molecular complexity index is 853. The van der Waals surface area contributed by atoms with E-state index in [0.717, 1.165) is 29.8 Å². The van der Waals surface area contributed by atoms with Crippen LogP contribution >= 0.6 is 0 Å². The maximum Gasteiger partial charge on any atom is 0.319 e. The Kier molecular flexibility index (Phi) is 5.08. The van der Waals surface area contributed by atoms with E-state index in [1.807, 2.05) is 51.1 Å². The average Bonchev–Trinajstić information content (AvgIpc) is 2.59. The van der Waals surface area contributed by atoms with Gasteiger partial charge in [-0.25, -0.2) is 4.79 Å². The Morgan fingerprint density at radius 1 is 1.11 bits per heavy atom. The van der Waals surface area contributed by atoms with E-state index < -0.39 is 5.91 Å². The van der Waals surface area contributed by atoms with E-state index >= 15 is 0 Å². The minimum absolute atomic E-state index is 0.183. The number of nitrogens with two attached hydrogens (primary N) is 1. The topological polar surface area (TPSA) is 96.2 Å². The van der Waals surface area contributed by atoms with Crippen molar-refractivity contribution in [3.63, 3.8) is 0 Å². The molecular formula is C21H26N4O2. The molecule has 3 amide bonds. The fraction of sp³-hybridized carbons (Fsp3) is 0.333. The van der Waals surface area contributed by atoms with Crippen molar-refractivity contribution in [1.82, 2.24) is 5.32 Å². The quantitative estimate of drug-likeness (QED) is 0.665. The van der Waals surface area contributed by atoms with Crippen molar-refractivity contribution in [2.45, 2.75) is 45.2 Å². The zero-order chi connectivity index (χ0) is 19.6. The number of aryl methyl sites for hydroxylation is 1. The number of nitrogens with one attached hydrogen (secondary N) is 3. The number of anilines is 2. The van der Waals surface area contributed by atoms with Gasteiger partial charge in [-0.3, -0.25) is 4.79 Å². The fourth-order valence-electron chi connectivity index (χ4n) is 3.21. The Morgan fingerprint density at radius 3 is 2.44 bits per heavy atom. The lowest BCUT2D eigenvalue weighted by Crippen LogP contribution is -2.43. The third kappa shape index (κ3) is 4.78. The summed E-state index contributed by atoms with van der Waals surface area (Å²) in [5.74, 6) is -0.418. The van der Waals surface area contributed by atoms with E-state index in [1.165, 1.54) is 5.56 Å². The van der Waals surface area contributed by atoms with Gasteiger partial charge in [0.2, 0.25) is 5.91 Å². The number of hydrogen-bond acceptors (Lipinski definition) is 3. The zero-order valence-electron chi connectivity index (χ0n) is 15.9. The summed E-state index contributed by atoms with van der Waals surface area (Å²) in [7, 11) is 0. The summed E-state index contributed by atoms with van der Waals surface area (Å²) < 4.78 is 0. The molecule has 0 fully saturated rings. The Morgan fingerprint density at radius 2 is 1.81 bits per heavy atom. The van der Waals surface area contributed by atoms with Crippen LogP contribution < -0.4 is 21.7 Å². The summed E-state index contributed by atoms with van der Waals surface area (Å²) in [6.45, 7) is 5.83. The first-order chi connectivity index (χ1) is 12.7. The molecular weight excluding hydrogens is 340 g/mol. The van der Waals surface area contributed by atoms with Gasteiger partial charge in [-0.15, -0.1) is 0 Å². The molecule has 0 aliphatic carbocycles. The maximum absolute atomic E-state index is 12.0. The zero-order valence-corrected chi connectivity index (χ0v) is 15.9. The van der Waals surface area contributed by atoms with Gasteiger partial charge >= 0.3 is 6.03 Å². The molecule has 0 radical (unpaired) electrons. The lowest BCUT2D eigenvalue weighted by Gasteiger charge is -2.28. The van der Waals surface area contributed by atoms with Crippen LogP contribution in [-0.4, -0.2) is 17.5 Å². The van der Waals surface area contributed by atoms with Gasteiger partial charge in [0.05, 0.1) is 6.04 Å². The van der Waals surface area contributed by atoms with Crippen LogP contribution in [0.15, 0.2) is 42.5 Å². The highest BCUT2D eigenvalue weighted by atomic mass is 16.2. The van der Waals surface area contributed by atoms with Gasteiger partial charge < -0.3 is 21.7 Å². The molecule has 6 nitrogen and oxygen atoms in total. The number of urea groups is 1. The predicted molar refractivity (Wildman–Crippen MR) is 108 cm³/mol. The molecule has 0 aromatic heterocycles. The van der Waals surface area contributed by atoms with Gasteiger partial charge in [0, 0.05) is 22.5 Å². The number of primary amides is 1. The molecule has 6 heteroatoms. The molecule has 1 atom stereocenters. The van der Waals surface area contributed by atoms with Crippen LogP contribution in [0, 0.1) is 0 Å². The number of carbonyl (C=O) groups excluding carboxylic acids is 2. The standard InChI is InChI=1S/C21H26N4O2/c1-21(2,3)25-20(27)23-16-9-11-18-15(12-16)8-10-17(24-18)13-4-6-14(7-5-13)19(22)26/h4-7,9,11-12,17,24H,8,10H2,1-3H3,(H2,22,26)(H2,23,25,27). The molecule has 2 aromatic carbocycles. The second-order valence-electron chi connectivity index (χ2n) is 7.92. The molecule has 3 rings (SSSR count). The van der Waals surface area contributed by atoms with Crippen molar-refractivity contribution >= 4 is 23.3 Å². The van der Waals surface area contributed by atoms with Gasteiger partial charge in [0.1, 0.15) is 0 Å². The molecule has 0 saturated carbocycles. The molecule has 1 heterocycles. The van der Waals surface area contributed by atoms with Gasteiger partial charge in [0.25, 0.3) is 0 Å². The van der Waals surface area contributed by atoms with Crippen LogP contribution in [0.3, 0.4) is 0 Å². The molecule has 142 valence electrons. The van der Waals surface area contributed by atoms with E-state index in [0.29, 0.717) is 5.56 Å². The van der Waals surface area contributed by atoms with Crippen LogP contribution in [0.25, 0.3) is 0 Å². The second kappa shape index (κ2) is 7.31. The van der Waals surface area contributed by atoms with Gasteiger partial charge in [-0.1, -0.05) is 12.1 Å².